The summed E-state index contributed by atoms with van der Waals surface area (Å²) in [5.74, 6) is -0.0163. The molecule has 0 aliphatic carbocycles. The maximum Gasteiger partial charge on any atom is 0.253 e. The zero-order valence-corrected chi connectivity index (χ0v) is 17.7. The number of rotatable bonds is 6. The summed E-state index contributed by atoms with van der Waals surface area (Å²) in [7, 11) is 1.80. The summed E-state index contributed by atoms with van der Waals surface area (Å²) >= 11 is 3.56. The lowest BCUT2D eigenvalue weighted by Gasteiger charge is -2.16. The molecular weight excluding hydrogens is 406 g/mol. The number of aromatic nitrogens is 4. The van der Waals surface area contributed by atoms with Gasteiger partial charge in [-0.3, -0.25) is 14.2 Å². The van der Waals surface area contributed by atoms with E-state index < -0.39 is 0 Å². The number of benzene rings is 1. The Bertz CT molecular complexity index is 959. The molecule has 0 fully saturated rings. The molecule has 2 heterocycles. The van der Waals surface area contributed by atoms with Gasteiger partial charge in [0.2, 0.25) is 0 Å². The first-order valence-electron chi connectivity index (χ1n) is 8.95. The standard InChI is InChI=1S/C20H24BrN5O/c1-5-25-10-9-18(23-25)13-24(4)20(27)17-8-6-7-16(11-17)12-26-15(3)19(21)14(2)22-26/h6-11H,5,12-13H2,1-4H3. The van der Waals surface area contributed by atoms with E-state index in [2.05, 4.69) is 26.1 Å². The second-order valence-corrected chi connectivity index (χ2v) is 7.46. The first kappa shape index (κ1) is 19.4. The molecular formula is C20H24BrN5O. The van der Waals surface area contributed by atoms with Gasteiger partial charge in [0.1, 0.15) is 0 Å². The van der Waals surface area contributed by atoms with Crippen LogP contribution in [-0.4, -0.2) is 37.4 Å². The Morgan fingerprint density at radius 1 is 1.22 bits per heavy atom. The highest BCUT2D eigenvalue weighted by Crippen LogP contribution is 2.21. The molecule has 2 aromatic heterocycles. The maximum absolute atomic E-state index is 12.8. The predicted octanol–water partition coefficient (Wildman–Crippen LogP) is 3.80. The van der Waals surface area contributed by atoms with E-state index in [4.69, 9.17) is 0 Å². The highest BCUT2D eigenvalue weighted by molar-refractivity contribution is 9.10. The zero-order valence-electron chi connectivity index (χ0n) is 16.1. The number of hydrogen-bond acceptors (Lipinski definition) is 3. The third-order valence-corrected chi connectivity index (χ3v) is 5.71. The van der Waals surface area contributed by atoms with Crippen LogP contribution in [0, 0.1) is 13.8 Å². The topological polar surface area (TPSA) is 56.0 Å². The molecule has 0 aliphatic heterocycles. The lowest BCUT2D eigenvalue weighted by atomic mass is 10.1. The molecule has 0 spiro atoms. The normalized spacial score (nSPS) is 11.0. The van der Waals surface area contributed by atoms with Gasteiger partial charge in [0.05, 0.1) is 34.6 Å². The Labute approximate surface area is 167 Å². The molecule has 0 aliphatic rings. The highest BCUT2D eigenvalue weighted by Gasteiger charge is 2.15. The lowest BCUT2D eigenvalue weighted by Crippen LogP contribution is -2.26. The first-order chi connectivity index (χ1) is 12.9. The number of carbonyl (C=O) groups excluding carboxylic acids is 1. The fourth-order valence-corrected chi connectivity index (χ4v) is 3.29. The maximum atomic E-state index is 12.8. The van der Waals surface area contributed by atoms with Gasteiger partial charge in [0.25, 0.3) is 5.91 Å². The minimum absolute atomic E-state index is 0.0163. The van der Waals surface area contributed by atoms with Gasteiger partial charge < -0.3 is 4.90 Å². The number of nitrogens with zero attached hydrogens (tertiary/aromatic N) is 5. The van der Waals surface area contributed by atoms with Crippen molar-refractivity contribution in [3.05, 3.63) is 69.2 Å². The molecule has 0 saturated carbocycles. The van der Waals surface area contributed by atoms with Crippen molar-refractivity contribution < 1.29 is 4.79 Å². The third kappa shape index (κ3) is 4.30. The van der Waals surface area contributed by atoms with Crippen molar-refractivity contribution in [2.45, 2.75) is 40.4 Å². The molecule has 0 N–H and O–H groups in total. The number of hydrogen-bond donors (Lipinski definition) is 0. The number of carbonyl (C=O) groups is 1. The molecule has 0 saturated heterocycles. The summed E-state index contributed by atoms with van der Waals surface area (Å²) in [5, 5.41) is 8.99. The molecule has 3 rings (SSSR count). The van der Waals surface area contributed by atoms with Gasteiger partial charge in [-0.05, 0) is 60.5 Å². The second-order valence-electron chi connectivity index (χ2n) is 6.67. The first-order valence-corrected chi connectivity index (χ1v) is 9.74. The van der Waals surface area contributed by atoms with Crippen LogP contribution in [0.1, 0.15) is 39.9 Å². The van der Waals surface area contributed by atoms with Crippen molar-refractivity contribution in [1.29, 1.82) is 0 Å². The van der Waals surface area contributed by atoms with Crippen molar-refractivity contribution in [3.8, 4) is 0 Å². The molecule has 0 unspecified atom stereocenters. The third-order valence-electron chi connectivity index (χ3n) is 4.57. The zero-order chi connectivity index (χ0) is 19.6. The summed E-state index contributed by atoms with van der Waals surface area (Å²) in [6.45, 7) is 7.98. The summed E-state index contributed by atoms with van der Waals surface area (Å²) < 4.78 is 4.84. The van der Waals surface area contributed by atoms with Crippen molar-refractivity contribution in [1.82, 2.24) is 24.5 Å². The Hall–Kier alpha value is -2.41. The lowest BCUT2D eigenvalue weighted by molar-refractivity contribution is 0.0783. The van der Waals surface area contributed by atoms with E-state index >= 15 is 0 Å². The quantitative estimate of drug-likeness (QED) is 0.598. The Kier molecular flexibility index (Phi) is 5.79. The van der Waals surface area contributed by atoms with Crippen LogP contribution in [-0.2, 0) is 19.6 Å². The van der Waals surface area contributed by atoms with Crippen molar-refractivity contribution in [2.24, 2.45) is 0 Å². The molecule has 6 nitrogen and oxygen atoms in total. The summed E-state index contributed by atoms with van der Waals surface area (Å²) in [4.78, 5) is 14.5. The van der Waals surface area contributed by atoms with Gasteiger partial charge >= 0.3 is 0 Å². The molecule has 3 aromatic rings. The van der Waals surface area contributed by atoms with Crippen LogP contribution in [0.4, 0.5) is 0 Å². The molecule has 1 aromatic carbocycles. The van der Waals surface area contributed by atoms with Crippen LogP contribution in [0.5, 0.6) is 0 Å². The molecule has 1 amide bonds. The van der Waals surface area contributed by atoms with E-state index in [9.17, 15) is 4.79 Å². The van der Waals surface area contributed by atoms with Gasteiger partial charge in [-0.25, -0.2) is 0 Å². The fraction of sp³-hybridized carbons (Fsp3) is 0.350. The second kappa shape index (κ2) is 8.08. The molecule has 0 radical (unpaired) electrons. The smallest absolute Gasteiger partial charge is 0.253 e. The molecule has 142 valence electrons. The number of halogens is 1. The van der Waals surface area contributed by atoms with E-state index in [0.717, 1.165) is 33.7 Å². The van der Waals surface area contributed by atoms with E-state index in [1.165, 1.54) is 0 Å². The van der Waals surface area contributed by atoms with Crippen LogP contribution < -0.4 is 0 Å². The SMILES string of the molecule is CCn1ccc(CN(C)C(=O)c2cccc(Cn3nc(C)c(Br)c3C)c2)n1. The van der Waals surface area contributed by atoms with Crippen LogP contribution >= 0.6 is 15.9 Å². The molecule has 0 atom stereocenters. The summed E-state index contributed by atoms with van der Waals surface area (Å²) in [5.41, 5.74) is 4.64. The monoisotopic (exact) mass is 429 g/mol. The fourth-order valence-electron chi connectivity index (χ4n) is 3.00. The Balaban J connectivity index is 1.73. The molecule has 27 heavy (non-hydrogen) atoms. The number of amides is 1. The minimum atomic E-state index is -0.0163. The summed E-state index contributed by atoms with van der Waals surface area (Å²) in [6, 6.07) is 9.68. The van der Waals surface area contributed by atoms with Crippen LogP contribution in [0.25, 0.3) is 0 Å². The number of aryl methyl sites for hydroxylation is 2. The molecule has 7 heteroatoms. The van der Waals surface area contributed by atoms with E-state index in [-0.39, 0.29) is 5.91 Å². The van der Waals surface area contributed by atoms with Crippen LogP contribution in [0.2, 0.25) is 0 Å². The predicted molar refractivity (Wildman–Crippen MR) is 109 cm³/mol. The van der Waals surface area contributed by atoms with Gasteiger partial charge in [0, 0.05) is 25.4 Å². The minimum Gasteiger partial charge on any atom is -0.336 e. The van der Waals surface area contributed by atoms with Gasteiger partial charge in [-0.15, -0.1) is 0 Å². The van der Waals surface area contributed by atoms with E-state index in [1.54, 1.807) is 11.9 Å². The average Bonchev–Trinajstić information content (AvgIpc) is 3.21. The van der Waals surface area contributed by atoms with Crippen molar-refractivity contribution in [2.75, 3.05) is 7.05 Å². The van der Waals surface area contributed by atoms with Gasteiger partial charge in [0.15, 0.2) is 0 Å². The average molecular weight is 430 g/mol. The Morgan fingerprint density at radius 3 is 2.63 bits per heavy atom. The highest BCUT2D eigenvalue weighted by atomic mass is 79.9. The van der Waals surface area contributed by atoms with E-state index in [0.29, 0.717) is 18.7 Å². The van der Waals surface area contributed by atoms with Gasteiger partial charge in [-0.2, -0.15) is 10.2 Å². The van der Waals surface area contributed by atoms with Gasteiger partial charge in [-0.1, -0.05) is 12.1 Å². The summed E-state index contributed by atoms with van der Waals surface area (Å²) in [6.07, 6.45) is 1.93. The van der Waals surface area contributed by atoms with Crippen LogP contribution in [0.15, 0.2) is 41.0 Å². The Morgan fingerprint density at radius 2 is 2.00 bits per heavy atom. The van der Waals surface area contributed by atoms with Crippen LogP contribution in [0.3, 0.4) is 0 Å². The molecule has 0 bridgehead atoms. The van der Waals surface area contributed by atoms with Crippen molar-refractivity contribution in [3.63, 3.8) is 0 Å². The largest absolute Gasteiger partial charge is 0.336 e. The van der Waals surface area contributed by atoms with E-state index in [1.807, 2.05) is 66.7 Å². The van der Waals surface area contributed by atoms with Crippen molar-refractivity contribution >= 4 is 21.8 Å².